The number of hydrogen-bond donors (Lipinski definition) is 3. The molecule has 0 atom stereocenters. The molecule has 0 unspecified atom stereocenters. The van der Waals surface area contributed by atoms with E-state index in [4.69, 9.17) is 5.84 Å². The molecule has 0 aliphatic heterocycles. The molecule has 4 N–H and O–H groups in total. The molecule has 0 aliphatic rings. The van der Waals surface area contributed by atoms with E-state index in [1.54, 1.807) is 12.5 Å². The lowest BCUT2D eigenvalue weighted by Crippen LogP contribution is -2.26. The summed E-state index contributed by atoms with van der Waals surface area (Å²) in [5.41, 5.74) is 2.03. The van der Waals surface area contributed by atoms with Gasteiger partial charge in [0.25, 0.3) is 5.91 Å². The van der Waals surface area contributed by atoms with Crippen molar-refractivity contribution in [2.24, 2.45) is 5.84 Å². The second kappa shape index (κ2) is 7.34. The van der Waals surface area contributed by atoms with Gasteiger partial charge < -0.3 is 15.3 Å². The van der Waals surface area contributed by atoms with Gasteiger partial charge in [-0.15, -0.1) is 0 Å². The summed E-state index contributed by atoms with van der Waals surface area (Å²) in [5.74, 6) is 3.73. The topological polar surface area (TPSA) is 97.9 Å². The summed E-state index contributed by atoms with van der Waals surface area (Å²) < 4.78 is 15.8. The van der Waals surface area contributed by atoms with Crippen molar-refractivity contribution in [3.8, 4) is 0 Å². The van der Waals surface area contributed by atoms with Crippen LogP contribution in [0, 0.1) is 5.82 Å². The van der Waals surface area contributed by atoms with Gasteiger partial charge in [0.2, 0.25) is 0 Å². The van der Waals surface area contributed by atoms with Gasteiger partial charge in [-0.05, 0) is 18.9 Å². The summed E-state index contributed by atoms with van der Waals surface area (Å²) in [6.07, 6.45) is 8.35. The standard InChI is InChI=1S/C13H17FN6O/c14-11-10(3-5-17-12(11)19-15)13(21)18-4-1-2-7-20-8-6-16-9-20/h3,5-6,8-9H,1-2,4,7,15H2,(H,17,19)(H,18,21). The molecule has 0 aliphatic carbocycles. The second-order valence-electron chi connectivity index (χ2n) is 4.43. The third-order valence-corrected chi connectivity index (χ3v) is 2.96. The number of unbranched alkanes of at least 4 members (excludes halogenated alkanes) is 1. The molecule has 112 valence electrons. The van der Waals surface area contributed by atoms with E-state index in [9.17, 15) is 9.18 Å². The molecule has 0 radical (unpaired) electrons. The summed E-state index contributed by atoms with van der Waals surface area (Å²) >= 11 is 0. The number of amides is 1. The van der Waals surface area contributed by atoms with E-state index in [0.29, 0.717) is 6.54 Å². The number of pyridine rings is 1. The molecular formula is C13H17FN6O. The maximum Gasteiger partial charge on any atom is 0.254 e. The molecule has 2 aromatic rings. The molecule has 0 spiro atoms. The number of aryl methyl sites for hydroxylation is 1. The number of imidazole rings is 1. The molecule has 7 nitrogen and oxygen atoms in total. The van der Waals surface area contributed by atoms with Crippen LogP contribution in [0.25, 0.3) is 0 Å². The van der Waals surface area contributed by atoms with E-state index < -0.39 is 11.7 Å². The molecule has 0 bridgehead atoms. The number of nitrogens with one attached hydrogen (secondary N) is 2. The first-order valence-electron chi connectivity index (χ1n) is 6.57. The van der Waals surface area contributed by atoms with Crippen LogP contribution in [0.5, 0.6) is 0 Å². The first kappa shape index (κ1) is 14.9. The number of aromatic nitrogens is 3. The van der Waals surface area contributed by atoms with Gasteiger partial charge in [0.15, 0.2) is 11.6 Å². The number of halogens is 1. The summed E-state index contributed by atoms with van der Waals surface area (Å²) in [6, 6.07) is 1.32. The highest BCUT2D eigenvalue weighted by molar-refractivity contribution is 5.95. The van der Waals surface area contributed by atoms with Crippen LogP contribution in [0.4, 0.5) is 10.2 Å². The van der Waals surface area contributed by atoms with E-state index in [1.165, 1.54) is 12.3 Å². The number of nitrogens with zero attached hydrogens (tertiary/aromatic N) is 3. The highest BCUT2D eigenvalue weighted by Gasteiger charge is 2.14. The largest absolute Gasteiger partial charge is 0.352 e. The first-order chi connectivity index (χ1) is 10.2. The SMILES string of the molecule is NNc1nccc(C(=O)NCCCCn2ccnc2)c1F. The van der Waals surface area contributed by atoms with Gasteiger partial charge in [-0.3, -0.25) is 4.79 Å². The summed E-state index contributed by atoms with van der Waals surface area (Å²) in [5, 5.41) is 2.67. The molecule has 8 heteroatoms. The summed E-state index contributed by atoms with van der Waals surface area (Å²) in [6.45, 7) is 1.31. The Morgan fingerprint density at radius 1 is 1.38 bits per heavy atom. The summed E-state index contributed by atoms with van der Waals surface area (Å²) in [4.78, 5) is 19.5. The lowest BCUT2D eigenvalue weighted by Gasteiger charge is -2.08. The number of hydrazine groups is 1. The van der Waals surface area contributed by atoms with Crippen molar-refractivity contribution in [2.45, 2.75) is 19.4 Å². The minimum atomic E-state index is -0.754. The van der Waals surface area contributed by atoms with Crippen LogP contribution in [0.15, 0.2) is 31.0 Å². The van der Waals surface area contributed by atoms with Crippen LogP contribution < -0.4 is 16.6 Å². The van der Waals surface area contributed by atoms with E-state index >= 15 is 0 Å². The van der Waals surface area contributed by atoms with E-state index in [2.05, 4.69) is 20.7 Å². The normalized spacial score (nSPS) is 10.4. The Labute approximate surface area is 121 Å². The van der Waals surface area contributed by atoms with Gasteiger partial charge in [0.05, 0.1) is 11.9 Å². The molecule has 0 saturated heterocycles. The van der Waals surface area contributed by atoms with Crippen molar-refractivity contribution in [1.82, 2.24) is 19.9 Å². The van der Waals surface area contributed by atoms with Gasteiger partial charge in [0, 0.05) is 31.7 Å². The van der Waals surface area contributed by atoms with Gasteiger partial charge in [0.1, 0.15) is 0 Å². The fourth-order valence-corrected chi connectivity index (χ4v) is 1.86. The van der Waals surface area contributed by atoms with Crippen LogP contribution in [0.1, 0.15) is 23.2 Å². The van der Waals surface area contributed by atoms with Crippen molar-refractivity contribution in [3.63, 3.8) is 0 Å². The van der Waals surface area contributed by atoms with Gasteiger partial charge in [-0.1, -0.05) is 0 Å². The molecule has 21 heavy (non-hydrogen) atoms. The fourth-order valence-electron chi connectivity index (χ4n) is 1.86. The zero-order valence-electron chi connectivity index (χ0n) is 11.4. The van der Waals surface area contributed by atoms with Crippen LogP contribution in [0.3, 0.4) is 0 Å². The lowest BCUT2D eigenvalue weighted by atomic mass is 10.2. The van der Waals surface area contributed by atoms with Crippen molar-refractivity contribution in [2.75, 3.05) is 12.0 Å². The number of anilines is 1. The molecule has 0 saturated carbocycles. The monoisotopic (exact) mass is 292 g/mol. The number of hydrogen-bond acceptors (Lipinski definition) is 5. The van der Waals surface area contributed by atoms with Gasteiger partial charge in [-0.25, -0.2) is 20.2 Å². The zero-order chi connectivity index (χ0) is 15.1. The predicted octanol–water partition coefficient (Wildman–Crippen LogP) is 0.913. The van der Waals surface area contributed by atoms with Crippen molar-refractivity contribution in [3.05, 3.63) is 42.4 Å². The van der Waals surface area contributed by atoms with Gasteiger partial charge in [-0.2, -0.15) is 0 Å². The third kappa shape index (κ3) is 3.99. The number of nitrogens with two attached hydrogens (primary N) is 1. The Morgan fingerprint density at radius 2 is 2.24 bits per heavy atom. The van der Waals surface area contributed by atoms with Crippen molar-refractivity contribution < 1.29 is 9.18 Å². The van der Waals surface area contributed by atoms with E-state index in [-0.39, 0.29) is 11.4 Å². The summed E-state index contributed by atoms with van der Waals surface area (Å²) in [7, 11) is 0. The van der Waals surface area contributed by atoms with Crippen LogP contribution in [0.2, 0.25) is 0 Å². The quantitative estimate of drug-likeness (QED) is 0.400. The Balaban J connectivity index is 1.77. The van der Waals surface area contributed by atoms with Crippen LogP contribution in [-0.2, 0) is 6.54 Å². The second-order valence-corrected chi connectivity index (χ2v) is 4.43. The van der Waals surface area contributed by atoms with Crippen molar-refractivity contribution >= 4 is 11.7 Å². The number of nitrogen functional groups attached to an aromatic ring is 1. The fraction of sp³-hybridized carbons (Fsp3) is 0.308. The number of carbonyl (C=O) groups is 1. The van der Waals surface area contributed by atoms with E-state index in [0.717, 1.165) is 19.4 Å². The molecule has 1 amide bonds. The molecule has 0 aromatic carbocycles. The predicted molar refractivity (Wildman–Crippen MR) is 75.8 cm³/mol. The molecule has 0 fully saturated rings. The Hall–Kier alpha value is -2.48. The molecule has 2 aromatic heterocycles. The van der Waals surface area contributed by atoms with Crippen molar-refractivity contribution in [1.29, 1.82) is 0 Å². The zero-order valence-corrected chi connectivity index (χ0v) is 11.4. The maximum absolute atomic E-state index is 13.8. The number of rotatable bonds is 7. The Morgan fingerprint density at radius 3 is 2.95 bits per heavy atom. The minimum Gasteiger partial charge on any atom is -0.352 e. The first-order valence-corrected chi connectivity index (χ1v) is 6.57. The molecule has 2 rings (SSSR count). The van der Waals surface area contributed by atoms with Gasteiger partial charge >= 0.3 is 0 Å². The highest BCUT2D eigenvalue weighted by atomic mass is 19.1. The number of carbonyl (C=O) groups excluding carboxylic acids is 1. The third-order valence-electron chi connectivity index (χ3n) is 2.96. The smallest absolute Gasteiger partial charge is 0.254 e. The molecular weight excluding hydrogens is 275 g/mol. The maximum atomic E-state index is 13.8. The van der Waals surface area contributed by atoms with Crippen LogP contribution in [-0.4, -0.2) is 27.0 Å². The Kier molecular flexibility index (Phi) is 5.22. The minimum absolute atomic E-state index is 0.0763. The average Bonchev–Trinajstić information content (AvgIpc) is 3.00. The molecule has 2 heterocycles. The lowest BCUT2D eigenvalue weighted by molar-refractivity contribution is 0.0949. The van der Waals surface area contributed by atoms with E-state index in [1.807, 2.05) is 10.8 Å². The average molecular weight is 292 g/mol. The Bertz CT molecular complexity index is 586. The van der Waals surface area contributed by atoms with Crippen LogP contribution >= 0.6 is 0 Å². The highest BCUT2D eigenvalue weighted by Crippen LogP contribution is 2.13.